The van der Waals surface area contributed by atoms with Crippen molar-refractivity contribution in [2.45, 2.75) is 39.0 Å². The van der Waals surface area contributed by atoms with Crippen LogP contribution in [0.1, 0.15) is 30.9 Å². The molecule has 0 radical (unpaired) electrons. The Hall–Kier alpha value is -0.860. The van der Waals surface area contributed by atoms with Crippen molar-refractivity contribution in [3.05, 3.63) is 35.4 Å². The van der Waals surface area contributed by atoms with E-state index >= 15 is 0 Å². The van der Waals surface area contributed by atoms with Crippen LogP contribution in [0, 0.1) is 0 Å². The molecule has 1 aliphatic heterocycles. The minimum absolute atomic E-state index is 0. The summed E-state index contributed by atoms with van der Waals surface area (Å²) < 4.78 is 11.0. The molecule has 130 valence electrons. The van der Waals surface area contributed by atoms with Gasteiger partial charge in [-0.1, -0.05) is 24.3 Å². The van der Waals surface area contributed by atoms with Gasteiger partial charge in [-0.25, -0.2) is 0 Å². The molecular formula is C17H28IN3O2. The van der Waals surface area contributed by atoms with E-state index < -0.39 is 0 Å². The molecule has 1 fully saturated rings. The lowest BCUT2D eigenvalue weighted by Crippen LogP contribution is -2.40. The minimum Gasteiger partial charge on any atom is -0.377 e. The maximum Gasteiger partial charge on any atom is 0.191 e. The fraction of sp³-hybridized carbons (Fsp3) is 0.588. The molecule has 1 aliphatic rings. The zero-order valence-corrected chi connectivity index (χ0v) is 16.3. The number of nitrogens with zero attached hydrogens (tertiary/aromatic N) is 1. The van der Waals surface area contributed by atoms with Crippen molar-refractivity contribution in [2.24, 2.45) is 4.99 Å². The lowest BCUT2D eigenvalue weighted by atomic mass is 10.1. The normalized spacial score (nSPS) is 17.7. The number of aliphatic imine (C=N–C) groups is 1. The summed E-state index contributed by atoms with van der Waals surface area (Å²) in [6.07, 6.45) is 2.61. The number of benzene rings is 1. The van der Waals surface area contributed by atoms with E-state index in [-0.39, 0.29) is 24.0 Å². The van der Waals surface area contributed by atoms with Gasteiger partial charge >= 0.3 is 0 Å². The molecule has 1 aromatic rings. The zero-order valence-electron chi connectivity index (χ0n) is 14.0. The quantitative estimate of drug-likeness (QED) is 0.395. The maximum absolute atomic E-state index is 5.60. The Morgan fingerprint density at radius 1 is 1.26 bits per heavy atom. The first-order valence-corrected chi connectivity index (χ1v) is 8.03. The van der Waals surface area contributed by atoms with E-state index in [4.69, 9.17) is 9.47 Å². The van der Waals surface area contributed by atoms with E-state index in [1.807, 2.05) is 6.92 Å². The minimum atomic E-state index is 0. The summed E-state index contributed by atoms with van der Waals surface area (Å²) >= 11 is 0. The predicted octanol–water partition coefficient (Wildman–Crippen LogP) is 2.69. The fourth-order valence-electron chi connectivity index (χ4n) is 2.40. The van der Waals surface area contributed by atoms with Crippen molar-refractivity contribution in [3.63, 3.8) is 0 Å². The molecule has 0 amide bonds. The molecule has 2 rings (SSSR count). The van der Waals surface area contributed by atoms with Gasteiger partial charge in [0.05, 0.1) is 12.7 Å². The molecule has 0 aromatic heterocycles. The van der Waals surface area contributed by atoms with Crippen LogP contribution in [-0.4, -0.2) is 38.9 Å². The van der Waals surface area contributed by atoms with Crippen LogP contribution in [0.3, 0.4) is 0 Å². The van der Waals surface area contributed by atoms with Gasteiger partial charge in [0.1, 0.15) is 0 Å². The maximum atomic E-state index is 5.60. The molecule has 1 unspecified atom stereocenters. The smallest absolute Gasteiger partial charge is 0.191 e. The Bertz CT molecular complexity index is 459. The molecule has 1 aromatic carbocycles. The zero-order chi connectivity index (χ0) is 15.6. The Balaban J connectivity index is 0.00000264. The molecule has 5 nitrogen and oxygen atoms in total. The van der Waals surface area contributed by atoms with Gasteiger partial charge in [-0.3, -0.25) is 4.99 Å². The molecule has 1 atom stereocenters. The summed E-state index contributed by atoms with van der Waals surface area (Å²) in [4.78, 5) is 4.24. The van der Waals surface area contributed by atoms with Gasteiger partial charge < -0.3 is 20.1 Å². The van der Waals surface area contributed by atoms with Crippen LogP contribution in [0.2, 0.25) is 0 Å². The van der Waals surface area contributed by atoms with Gasteiger partial charge in [0.15, 0.2) is 5.96 Å². The molecule has 6 heteroatoms. The summed E-state index contributed by atoms with van der Waals surface area (Å²) in [6, 6.07) is 8.45. The van der Waals surface area contributed by atoms with Crippen LogP contribution >= 0.6 is 24.0 Å². The Labute approximate surface area is 156 Å². The Kier molecular flexibility index (Phi) is 10.2. The van der Waals surface area contributed by atoms with E-state index in [1.165, 1.54) is 11.1 Å². The van der Waals surface area contributed by atoms with E-state index in [1.54, 1.807) is 7.05 Å². The van der Waals surface area contributed by atoms with Gasteiger partial charge in [0, 0.05) is 33.4 Å². The van der Waals surface area contributed by atoms with Crippen molar-refractivity contribution in [3.8, 4) is 0 Å². The highest BCUT2D eigenvalue weighted by atomic mass is 127. The van der Waals surface area contributed by atoms with Crippen molar-refractivity contribution in [1.82, 2.24) is 10.6 Å². The number of hydrogen-bond acceptors (Lipinski definition) is 3. The number of rotatable bonds is 7. The van der Waals surface area contributed by atoms with Gasteiger partial charge in [0.2, 0.25) is 0 Å². The lowest BCUT2D eigenvalue weighted by Gasteiger charge is -2.15. The van der Waals surface area contributed by atoms with E-state index in [0.717, 1.165) is 45.1 Å². The SMILES string of the molecule is CCOCc1ccc(CNC(=NC)NCC2CCCO2)cc1.I. The molecule has 0 spiro atoms. The monoisotopic (exact) mass is 433 g/mol. The third kappa shape index (κ3) is 7.50. The highest BCUT2D eigenvalue weighted by Gasteiger charge is 2.15. The molecule has 0 saturated carbocycles. The fourth-order valence-corrected chi connectivity index (χ4v) is 2.40. The predicted molar refractivity (Wildman–Crippen MR) is 104 cm³/mol. The van der Waals surface area contributed by atoms with Gasteiger partial charge in [0.25, 0.3) is 0 Å². The lowest BCUT2D eigenvalue weighted by molar-refractivity contribution is 0.114. The van der Waals surface area contributed by atoms with Crippen LogP contribution in [0.4, 0.5) is 0 Å². The number of guanidine groups is 1. The molecule has 23 heavy (non-hydrogen) atoms. The summed E-state index contributed by atoms with van der Waals surface area (Å²) in [6.45, 7) is 5.87. The number of ether oxygens (including phenoxy) is 2. The molecule has 0 aliphatic carbocycles. The second-order valence-electron chi connectivity index (χ2n) is 5.40. The van der Waals surface area contributed by atoms with Gasteiger partial charge in [-0.15, -0.1) is 24.0 Å². The van der Waals surface area contributed by atoms with E-state index in [9.17, 15) is 0 Å². The Morgan fingerprint density at radius 3 is 2.61 bits per heavy atom. The second-order valence-corrected chi connectivity index (χ2v) is 5.40. The van der Waals surface area contributed by atoms with Gasteiger partial charge in [-0.05, 0) is 30.9 Å². The summed E-state index contributed by atoms with van der Waals surface area (Å²) in [5.74, 6) is 0.814. The number of hydrogen-bond donors (Lipinski definition) is 2. The van der Waals surface area contributed by atoms with Crippen LogP contribution in [0.15, 0.2) is 29.3 Å². The average Bonchev–Trinajstić information content (AvgIpc) is 3.07. The van der Waals surface area contributed by atoms with Crippen LogP contribution in [0.5, 0.6) is 0 Å². The first-order valence-electron chi connectivity index (χ1n) is 8.03. The largest absolute Gasteiger partial charge is 0.377 e. The molecule has 0 bridgehead atoms. The number of halogens is 1. The van der Waals surface area contributed by atoms with Crippen molar-refractivity contribution < 1.29 is 9.47 Å². The highest BCUT2D eigenvalue weighted by Crippen LogP contribution is 2.10. The van der Waals surface area contributed by atoms with Crippen LogP contribution in [0.25, 0.3) is 0 Å². The molecular weight excluding hydrogens is 405 g/mol. The first kappa shape index (κ1) is 20.2. The third-order valence-corrected chi connectivity index (χ3v) is 3.70. The summed E-state index contributed by atoms with van der Waals surface area (Å²) in [7, 11) is 1.79. The molecule has 2 N–H and O–H groups in total. The summed E-state index contributed by atoms with van der Waals surface area (Å²) in [5.41, 5.74) is 2.42. The molecule has 1 saturated heterocycles. The van der Waals surface area contributed by atoms with E-state index in [0.29, 0.717) is 12.7 Å². The van der Waals surface area contributed by atoms with Gasteiger partial charge in [-0.2, -0.15) is 0 Å². The topological polar surface area (TPSA) is 54.9 Å². The standard InChI is InChI=1S/C17H27N3O2.HI/c1-3-21-13-15-8-6-14(7-9-15)11-19-17(18-2)20-12-16-5-4-10-22-16;/h6-9,16H,3-5,10-13H2,1-2H3,(H2,18,19,20);1H. The van der Waals surface area contributed by atoms with Crippen molar-refractivity contribution in [2.75, 3.05) is 26.8 Å². The summed E-state index contributed by atoms with van der Waals surface area (Å²) in [5, 5.41) is 6.64. The molecule has 1 heterocycles. The third-order valence-electron chi connectivity index (χ3n) is 3.70. The van der Waals surface area contributed by atoms with Crippen LogP contribution in [-0.2, 0) is 22.6 Å². The highest BCUT2D eigenvalue weighted by molar-refractivity contribution is 14.0. The Morgan fingerprint density at radius 2 is 2.00 bits per heavy atom. The van der Waals surface area contributed by atoms with Crippen LogP contribution < -0.4 is 10.6 Å². The van der Waals surface area contributed by atoms with E-state index in [2.05, 4.69) is 39.9 Å². The first-order chi connectivity index (χ1) is 10.8. The average molecular weight is 433 g/mol. The van der Waals surface area contributed by atoms with Crippen molar-refractivity contribution >= 4 is 29.9 Å². The van der Waals surface area contributed by atoms with Crippen molar-refractivity contribution in [1.29, 1.82) is 0 Å². The second kappa shape index (κ2) is 11.6. The number of nitrogens with one attached hydrogen (secondary N) is 2.